The molecule has 1 fully saturated rings. The topological polar surface area (TPSA) is 74.3 Å². The number of hydrogen-bond acceptors (Lipinski definition) is 6. The second kappa shape index (κ2) is 10.7. The van der Waals surface area contributed by atoms with Crippen LogP contribution < -0.4 is 10.6 Å². The van der Waals surface area contributed by atoms with E-state index in [0.29, 0.717) is 26.3 Å². The lowest BCUT2D eigenvalue weighted by Crippen LogP contribution is -2.18. The molecule has 0 saturated carbocycles. The van der Waals surface area contributed by atoms with E-state index >= 15 is 0 Å². The van der Waals surface area contributed by atoms with Crippen LogP contribution in [0, 0.1) is 6.92 Å². The van der Waals surface area contributed by atoms with Crippen LogP contribution in [0.15, 0.2) is 60.8 Å². The number of anilines is 3. The number of nitrogens with one attached hydrogen (secondary N) is 2. The zero-order valence-corrected chi connectivity index (χ0v) is 19.9. The number of ketones is 1. The van der Waals surface area contributed by atoms with Crippen LogP contribution in [0.25, 0.3) is 0 Å². The van der Waals surface area contributed by atoms with Crippen LogP contribution in [-0.2, 0) is 0 Å². The minimum atomic E-state index is -0.265. The molecule has 33 heavy (non-hydrogen) atoms. The van der Waals surface area contributed by atoms with E-state index in [4.69, 9.17) is 11.6 Å². The number of rotatable bonds is 8. The quantitative estimate of drug-likeness (QED) is 0.308. The van der Waals surface area contributed by atoms with Gasteiger partial charge in [0, 0.05) is 17.8 Å². The number of aromatic nitrogens is 1. The molecule has 0 unspecified atom stereocenters. The molecule has 0 aliphatic carbocycles. The van der Waals surface area contributed by atoms with Gasteiger partial charge in [0.25, 0.3) is 5.91 Å². The van der Waals surface area contributed by atoms with Crippen LogP contribution in [0.1, 0.15) is 38.4 Å². The minimum Gasteiger partial charge on any atom is -0.332 e. The number of aryl methyl sites for hydroxylation is 1. The van der Waals surface area contributed by atoms with Crippen molar-refractivity contribution in [1.82, 2.24) is 9.88 Å². The van der Waals surface area contributed by atoms with Gasteiger partial charge in [0.05, 0.1) is 16.9 Å². The minimum absolute atomic E-state index is 0.0104. The average molecular weight is 481 g/mol. The molecule has 0 radical (unpaired) electrons. The number of carbonyl (C=O) groups is 2. The molecule has 0 bridgehead atoms. The number of para-hydroxylation sites is 1. The third-order valence-corrected chi connectivity index (χ3v) is 6.67. The average Bonchev–Trinajstić information content (AvgIpc) is 3.49. The van der Waals surface area contributed by atoms with Gasteiger partial charge in [-0.1, -0.05) is 41.1 Å². The van der Waals surface area contributed by atoms with E-state index in [2.05, 4.69) is 20.5 Å². The van der Waals surface area contributed by atoms with Crippen molar-refractivity contribution in [3.8, 4) is 0 Å². The molecule has 6 nitrogen and oxygen atoms in total. The van der Waals surface area contributed by atoms with E-state index < -0.39 is 0 Å². The molecule has 1 aliphatic heterocycles. The number of thiazole rings is 1. The van der Waals surface area contributed by atoms with Gasteiger partial charge in [0.1, 0.15) is 4.88 Å². The maximum absolute atomic E-state index is 12.6. The Morgan fingerprint density at radius 1 is 1.15 bits per heavy atom. The second-order valence-electron chi connectivity index (χ2n) is 7.89. The summed E-state index contributed by atoms with van der Waals surface area (Å²) in [6, 6.07) is 12.7. The Morgan fingerprint density at radius 3 is 2.64 bits per heavy atom. The highest BCUT2D eigenvalue weighted by atomic mass is 35.5. The van der Waals surface area contributed by atoms with Crippen molar-refractivity contribution in [1.29, 1.82) is 0 Å². The molecule has 1 aromatic heterocycles. The van der Waals surface area contributed by atoms with Gasteiger partial charge in [0.2, 0.25) is 0 Å². The van der Waals surface area contributed by atoms with E-state index in [0.717, 1.165) is 30.9 Å². The standard InChI is InChI=1S/C25H25ClN4O2S/c1-17-6-4-7-20(26)23(17)29-24(32)22-16-27-25(33-22)28-19-11-9-18(10-12-19)21(31)8-5-15-30-13-2-3-14-30/h4-12,16H,2-3,13-15H2,1H3,(H,27,28)(H,29,32)/b8-5+. The SMILES string of the molecule is Cc1cccc(Cl)c1NC(=O)c1cnc(Nc2ccc(C(=O)/C=C/CN3CCCC3)cc2)s1. The number of amides is 1. The van der Waals surface area contributed by atoms with Crippen molar-refractivity contribution in [2.75, 3.05) is 30.3 Å². The maximum atomic E-state index is 12.6. The number of nitrogens with zero attached hydrogens (tertiary/aromatic N) is 2. The predicted octanol–water partition coefficient (Wildman–Crippen LogP) is 5.94. The van der Waals surface area contributed by atoms with Gasteiger partial charge in [0.15, 0.2) is 10.9 Å². The Balaban J connectivity index is 1.33. The third kappa shape index (κ3) is 6.07. The molecule has 0 spiro atoms. The molecule has 1 amide bonds. The summed E-state index contributed by atoms with van der Waals surface area (Å²) < 4.78 is 0. The Kier molecular flexibility index (Phi) is 7.54. The van der Waals surface area contributed by atoms with Crippen LogP contribution >= 0.6 is 22.9 Å². The second-order valence-corrected chi connectivity index (χ2v) is 9.33. The summed E-state index contributed by atoms with van der Waals surface area (Å²) in [5.41, 5.74) is 2.91. The molecule has 1 saturated heterocycles. The van der Waals surface area contributed by atoms with Gasteiger partial charge in [-0.2, -0.15) is 0 Å². The van der Waals surface area contributed by atoms with Crippen LogP contribution in [0.3, 0.4) is 0 Å². The molecule has 170 valence electrons. The first-order chi connectivity index (χ1) is 16.0. The molecular formula is C25H25ClN4O2S. The number of benzene rings is 2. The molecule has 4 rings (SSSR count). The number of allylic oxidation sites excluding steroid dienone is 1. The highest BCUT2D eigenvalue weighted by Gasteiger charge is 2.14. The highest BCUT2D eigenvalue weighted by Crippen LogP contribution is 2.28. The zero-order valence-electron chi connectivity index (χ0n) is 18.3. The molecule has 2 heterocycles. The molecule has 8 heteroatoms. The van der Waals surface area contributed by atoms with Crippen molar-refractivity contribution >= 4 is 51.1 Å². The van der Waals surface area contributed by atoms with E-state index in [9.17, 15) is 9.59 Å². The maximum Gasteiger partial charge on any atom is 0.267 e. The summed E-state index contributed by atoms with van der Waals surface area (Å²) >= 11 is 7.44. The van der Waals surface area contributed by atoms with Crippen molar-refractivity contribution < 1.29 is 9.59 Å². The number of halogens is 1. The van der Waals surface area contributed by atoms with Gasteiger partial charge in [-0.05, 0) is 74.8 Å². The third-order valence-electron chi connectivity index (χ3n) is 5.44. The van der Waals surface area contributed by atoms with Crippen molar-refractivity contribution in [3.63, 3.8) is 0 Å². The Morgan fingerprint density at radius 2 is 1.91 bits per heavy atom. The van der Waals surface area contributed by atoms with Gasteiger partial charge in [-0.25, -0.2) is 4.98 Å². The Hall–Kier alpha value is -3.00. The van der Waals surface area contributed by atoms with Crippen LogP contribution in [-0.4, -0.2) is 41.2 Å². The molecule has 2 aromatic carbocycles. The lowest BCUT2D eigenvalue weighted by Gasteiger charge is -2.10. The van der Waals surface area contributed by atoms with E-state index in [1.165, 1.54) is 30.4 Å². The smallest absolute Gasteiger partial charge is 0.267 e. The van der Waals surface area contributed by atoms with Crippen LogP contribution in [0.2, 0.25) is 5.02 Å². The molecule has 0 atom stereocenters. The fourth-order valence-electron chi connectivity index (χ4n) is 3.61. The lowest BCUT2D eigenvalue weighted by molar-refractivity contribution is 0.102. The number of carbonyl (C=O) groups excluding carboxylic acids is 2. The fraction of sp³-hybridized carbons (Fsp3) is 0.240. The summed E-state index contributed by atoms with van der Waals surface area (Å²) in [4.78, 5) is 32.1. The van der Waals surface area contributed by atoms with Gasteiger partial charge < -0.3 is 10.6 Å². The molecule has 3 aromatic rings. The van der Waals surface area contributed by atoms with Crippen molar-refractivity contribution in [2.24, 2.45) is 0 Å². The lowest BCUT2D eigenvalue weighted by atomic mass is 10.1. The van der Waals surface area contributed by atoms with Crippen LogP contribution in [0.4, 0.5) is 16.5 Å². The summed E-state index contributed by atoms with van der Waals surface area (Å²) in [7, 11) is 0. The fourth-order valence-corrected chi connectivity index (χ4v) is 4.61. The first kappa shape index (κ1) is 23.2. The predicted molar refractivity (Wildman–Crippen MR) is 135 cm³/mol. The highest BCUT2D eigenvalue weighted by molar-refractivity contribution is 7.17. The Labute approximate surface area is 202 Å². The van der Waals surface area contributed by atoms with Gasteiger partial charge >= 0.3 is 0 Å². The first-order valence-electron chi connectivity index (χ1n) is 10.8. The number of likely N-dealkylation sites (tertiary alicyclic amines) is 1. The summed E-state index contributed by atoms with van der Waals surface area (Å²) in [6.45, 7) is 4.93. The van der Waals surface area contributed by atoms with Gasteiger partial charge in [-0.3, -0.25) is 14.5 Å². The van der Waals surface area contributed by atoms with Gasteiger partial charge in [-0.15, -0.1) is 0 Å². The van der Waals surface area contributed by atoms with Crippen molar-refractivity contribution in [2.45, 2.75) is 19.8 Å². The summed E-state index contributed by atoms with van der Waals surface area (Å²) in [5, 5.41) is 7.11. The molecular weight excluding hydrogens is 456 g/mol. The van der Waals surface area contributed by atoms with Crippen molar-refractivity contribution in [3.05, 3.63) is 81.8 Å². The monoisotopic (exact) mass is 480 g/mol. The molecule has 2 N–H and O–H groups in total. The Bertz CT molecular complexity index is 1150. The largest absolute Gasteiger partial charge is 0.332 e. The summed E-state index contributed by atoms with van der Waals surface area (Å²) in [5.74, 6) is -0.276. The van der Waals surface area contributed by atoms with E-state index in [1.54, 1.807) is 24.3 Å². The normalized spacial score (nSPS) is 14.0. The van der Waals surface area contributed by atoms with E-state index in [1.807, 2.05) is 37.3 Å². The van der Waals surface area contributed by atoms with Crippen LogP contribution in [0.5, 0.6) is 0 Å². The molecule has 1 aliphatic rings. The van der Waals surface area contributed by atoms with E-state index in [-0.39, 0.29) is 11.7 Å². The number of hydrogen-bond donors (Lipinski definition) is 2. The summed E-state index contributed by atoms with van der Waals surface area (Å²) in [6.07, 6.45) is 7.59. The first-order valence-corrected chi connectivity index (χ1v) is 12.0. The zero-order chi connectivity index (χ0) is 23.2.